The number of hydrogen-bond donors (Lipinski definition) is 0. The lowest BCUT2D eigenvalue weighted by Gasteiger charge is -2.05. The van der Waals surface area contributed by atoms with Crippen LogP contribution in [0.15, 0.2) is 34.2 Å². The first kappa shape index (κ1) is 12.9. The second kappa shape index (κ2) is 5.40. The molecule has 0 N–H and O–H groups in total. The number of likely N-dealkylation sites (N-methyl/N-ethyl adjacent to an activating group) is 1. The molecule has 1 aliphatic heterocycles. The standard InChI is InChI=1S/C14H16N2OS/c1-4-10-5-7-11(8-6-10)9-12-13(17)16(3)14(15-2)18-12/h5-9H,4H2,1-3H3/b12-9+,15-14?. The molecule has 94 valence electrons. The Morgan fingerprint density at radius 3 is 2.50 bits per heavy atom. The quantitative estimate of drug-likeness (QED) is 0.766. The molecular weight excluding hydrogens is 244 g/mol. The molecule has 0 atom stereocenters. The molecule has 0 spiro atoms. The second-order valence-electron chi connectivity index (χ2n) is 4.08. The van der Waals surface area contributed by atoms with Crippen LogP contribution in [0.25, 0.3) is 6.08 Å². The topological polar surface area (TPSA) is 32.7 Å². The molecule has 2 rings (SSSR count). The van der Waals surface area contributed by atoms with Gasteiger partial charge in [-0.3, -0.25) is 14.7 Å². The van der Waals surface area contributed by atoms with E-state index in [2.05, 4.69) is 24.0 Å². The normalized spacial score (nSPS) is 20.2. The van der Waals surface area contributed by atoms with E-state index in [1.54, 1.807) is 19.0 Å². The SMILES string of the molecule is CCc1ccc(/C=C2/SC(=NC)N(C)C2=O)cc1. The van der Waals surface area contributed by atoms with Gasteiger partial charge in [-0.1, -0.05) is 31.2 Å². The smallest absolute Gasteiger partial charge is 0.266 e. The number of nitrogens with zero attached hydrogens (tertiary/aromatic N) is 2. The minimum Gasteiger partial charge on any atom is -0.290 e. The van der Waals surface area contributed by atoms with E-state index in [9.17, 15) is 4.79 Å². The fourth-order valence-corrected chi connectivity index (χ4v) is 2.68. The van der Waals surface area contributed by atoms with Crippen LogP contribution in [0, 0.1) is 0 Å². The molecule has 1 aromatic carbocycles. The molecule has 0 unspecified atom stereocenters. The van der Waals surface area contributed by atoms with Crippen molar-refractivity contribution in [3.8, 4) is 0 Å². The molecule has 1 aromatic rings. The first-order chi connectivity index (χ1) is 8.65. The molecular formula is C14H16N2OS. The van der Waals surface area contributed by atoms with E-state index in [0.717, 1.165) is 22.1 Å². The van der Waals surface area contributed by atoms with Crippen molar-refractivity contribution in [2.45, 2.75) is 13.3 Å². The zero-order valence-electron chi connectivity index (χ0n) is 10.8. The van der Waals surface area contributed by atoms with Gasteiger partial charge < -0.3 is 0 Å². The Labute approximate surface area is 112 Å². The Kier molecular flexibility index (Phi) is 3.87. The van der Waals surface area contributed by atoms with Crippen molar-refractivity contribution in [3.63, 3.8) is 0 Å². The number of benzene rings is 1. The fraction of sp³-hybridized carbons (Fsp3) is 0.286. The average Bonchev–Trinajstić information content (AvgIpc) is 2.67. The number of amides is 1. The predicted octanol–water partition coefficient (Wildman–Crippen LogP) is 2.78. The van der Waals surface area contributed by atoms with E-state index in [0.29, 0.717) is 0 Å². The van der Waals surface area contributed by atoms with Crippen molar-refractivity contribution in [1.29, 1.82) is 0 Å². The Morgan fingerprint density at radius 1 is 1.33 bits per heavy atom. The van der Waals surface area contributed by atoms with Gasteiger partial charge in [-0.25, -0.2) is 0 Å². The Hall–Kier alpha value is -1.55. The van der Waals surface area contributed by atoms with Crippen LogP contribution in [0.4, 0.5) is 0 Å². The van der Waals surface area contributed by atoms with Crippen LogP contribution in [0.2, 0.25) is 0 Å². The highest BCUT2D eigenvalue weighted by atomic mass is 32.2. The summed E-state index contributed by atoms with van der Waals surface area (Å²) in [5, 5.41) is 0.747. The van der Waals surface area contributed by atoms with Crippen LogP contribution in [-0.2, 0) is 11.2 Å². The van der Waals surface area contributed by atoms with E-state index >= 15 is 0 Å². The maximum Gasteiger partial charge on any atom is 0.266 e. The molecule has 0 saturated carbocycles. The predicted molar refractivity (Wildman–Crippen MR) is 77.5 cm³/mol. The number of thioether (sulfide) groups is 1. The van der Waals surface area contributed by atoms with Gasteiger partial charge in [-0.15, -0.1) is 0 Å². The van der Waals surface area contributed by atoms with Gasteiger partial charge in [0.2, 0.25) is 0 Å². The Morgan fingerprint density at radius 2 is 2.00 bits per heavy atom. The van der Waals surface area contributed by atoms with Crippen molar-refractivity contribution in [2.24, 2.45) is 4.99 Å². The number of carbonyl (C=O) groups is 1. The lowest BCUT2D eigenvalue weighted by atomic mass is 10.1. The van der Waals surface area contributed by atoms with Crippen LogP contribution >= 0.6 is 11.8 Å². The molecule has 4 heteroatoms. The molecule has 1 amide bonds. The van der Waals surface area contributed by atoms with E-state index in [1.165, 1.54) is 17.3 Å². The first-order valence-corrected chi connectivity index (χ1v) is 6.70. The summed E-state index contributed by atoms with van der Waals surface area (Å²) in [4.78, 5) is 18.3. The summed E-state index contributed by atoms with van der Waals surface area (Å²) >= 11 is 1.42. The Balaban J connectivity index is 2.26. The molecule has 18 heavy (non-hydrogen) atoms. The monoisotopic (exact) mass is 260 g/mol. The summed E-state index contributed by atoms with van der Waals surface area (Å²) in [7, 11) is 3.45. The molecule has 1 saturated heterocycles. The summed E-state index contributed by atoms with van der Waals surface area (Å²) in [6.45, 7) is 2.13. The molecule has 1 fully saturated rings. The highest BCUT2D eigenvalue weighted by Crippen LogP contribution is 2.31. The second-order valence-corrected chi connectivity index (χ2v) is 5.09. The zero-order chi connectivity index (χ0) is 13.1. The molecule has 0 aromatic heterocycles. The van der Waals surface area contributed by atoms with Crippen molar-refractivity contribution in [2.75, 3.05) is 14.1 Å². The number of amidine groups is 1. The number of rotatable bonds is 2. The minimum absolute atomic E-state index is 0.0140. The molecule has 1 heterocycles. The summed E-state index contributed by atoms with van der Waals surface area (Å²) in [5.74, 6) is 0.0140. The van der Waals surface area contributed by atoms with Crippen LogP contribution < -0.4 is 0 Å². The van der Waals surface area contributed by atoms with Crippen LogP contribution in [0.1, 0.15) is 18.1 Å². The lowest BCUT2D eigenvalue weighted by molar-refractivity contribution is -0.121. The van der Waals surface area contributed by atoms with Crippen LogP contribution in [-0.4, -0.2) is 30.1 Å². The third-order valence-electron chi connectivity index (χ3n) is 2.88. The molecule has 1 aliphatic rings. The van der Waals surface area contributed by atoms with Gasteiger partial charge in [0, 0.05) is 14.1 Å². The molecule has 0 bridgehead atoms. The third kappa shape index (κ3) is 2.48. The van der Waals surface area contributed by atoms with E-state index in [-0.39, 0.29) is 5.91 Å². The highest BCUT2D eigenvalue weighted by molar-refractivity contribution is 8.18. The number of carbonyl (C=O) groups excluding carboxylic acids is 1. The van der Waals surface area contributed by atoms with Gasteiger partial charge in [-0.05, 0) is 35.4 Å². The van der Waals surface area contributed by atoms with Crippen molar-refractivity contribution in [3.05, 3.63) is 40.3 Å². The lowest BCUT2D eigenvalue weighted by Crippen LogP contribution is -2.23. The summed E-state index contributed by atoms with van der Waals surface area (Å²) < 4.78 is 0. The molecule has 0 aliphatic carbocycles. The van der Waals surface area contributed by atoms with E-state index in [4.69, 9.17) is 0 Å². The summed E-state index contributed by atoms with van der Waals surface area (Å²) in [6.07, 6.45) is 2.95. The minimum atomic E-state index is 0.0140. The summed E-state index contributed by atoms with van der Waals surface area (Å²) in [6, 6.07) is 8.27. The van der Waals surface area contributed by atoms with E-state index in [1.807, 2.05) is 18.2 Å². The van der Waals surface area contributed by atoms with Gasteiger partial charge in [0.05, 0.1) is 4.91 Å². The van der Waals surface area contributed by atoms with Crippen molar-refractivity contribution >= 4 is 28.9 Å². The number of hydrogen-bond acceptors (Lipinski definition) is 3. The maximum atomic E-state index is 12.0. The number of aryl methyl sites for hydroxylation is 1. The van der Waals surface area contributed by atoms with Gasteiger partial charge in [0.1, 0.15) is 0 Å². The van der Waals surface area contributed by atoms with Crippen molar-refractivity contribution < 1.29 is 4.79 Å². The van der Waals surface area contributed by atoms with Crippen LogP contribution in [0.5, 0.6) is 0 Å². The van der Waals surface area contributed by atoms with Crippen molar-refractivity contribution in [1.82, 2.24) is 4.90 Å². The van der Waals surface area contributed by atoms with Crippen LogP contribution in [0.3, 0.4) is 0 Å². The number of aliphatic imine (C=N–C) groups is 1. The average molecular weight is 260 g/mol. The molecule has 0 radical (unpaired) electrons. The fourth-order valence-electron chi connectivity index (χ4n) is 1.75. The van der Waals surface area contributed by atoms with Gasteiger partial charge in [0.25, 0.3) is 5.91 Å². The zero-order valence-corrected chi connectivity index (χ0v) is 11.6. The maximum absolute atomic E-state index is 12.0. The van der Waals surface area contributed by atoms with Gasteiger partial charge in [-0.2, -0.15) is 0 Å². The van der Waals surface area contributed by atoms with Gasteiger partial charge in [0.15, 0.2) is 5.17 Å². The largest absolute Gasteiger partial charge is 0.290 e. The summed E-state index contributed by atoms with van der Waals surface area (Å²) in [5.41, 5.74) is 2.35. The van der Waals surface area contributed by atoms with E-state index < -0.39 is 0 Å². The highest BCUT2D eigenvalue weighted by Gasteiger charge is 2.29. The first-order valence-electron chi connectivity index (χ1n) is 5.89. The Bertz CT molecular complexity index is 517. The molecule has 3 nitrogen and oxygen atoms in total. The van der Waals surface area contributed by atoms with Gasteiger partial charge >= 0.3 is 0 Å². The third-order valence-corrected chi connectivity index (χ3v) is 4.03.